The molecule has 0 spiro atoms. The summed E-state index contributed by atoms with van der Waals surface area (Å²) < 4.78 is 26.4. The summed E-state index contributed by atoms with van der Waals surface area (Å²) in [5.41, 5.74) is 1.29. The van der Waals surface area contributed by atoms with E-state index in [-0.39, 0.29) is 11.4 Å². The van der Waals surface area contributed by atoms with Gasteiger partial charge in [-0.2, -0.15) is 0 Å². The number of nitrogens with zero attached hydrogens (tertiary/aromatic N) is 1. The quantitative estimate of drug-likeness (QED) is 0.780. The van der Waals surface area contributed by atoms with E-state index in [1.54, 1.807) is 0 Å². The average Bonchev–Trinajstić information content (AvgIpc) is 2.80. The zero-order valence-corrected chi connectivity index (χ0v) is 10.3. The molecule has 0 amide bonds. The minimum absolute atomic E-state index is 0.251. The molecule has 3 rings (SSSR count). The standard InChI is InChI=1S/C13H11F2N3O2/c14-7-3-6(4-8(15)5-7)12-17-9-1-2-16-11(13(19)20)10(9)18-12/h3-5,11,16H,1-2H2,(H,17,18)(H,19,20)/t11-/m0/s1. The molecule has 2 aromatic rings. The molecule has 1 aliphatic rings. The molecule has 0 bridgehead atoms. The van der Waals surface area contributed by atoms with Crippen LogP contribution in [0.25, 0.3) is 11.4 Å². The van der Waals surface area contributed by atoms with Gasteiger partial charge in [-0.15, -0.1) is 0 Å². The van der Waals surface area contributed by atoms with Crippen LogP contribution < -0.4 is 5.32 Å². The van der Waals surface area contributed by atoms with E-state index in [9.17, 15) is 13.6 Å². The van der Waals surface area contributed by atoms with Gasteiger partial charge >= 0.3 is 5.97 Å². The largest absolute Gasteiger partial charge is 0.480 e. The van der Waals surface area contributed by atoms with E-state index in [1.807, 2.05) is 0 Å². The Kier molecular flexibility index (Phi) is 2.98. The molecule has 1 atom stereocenters. The first-order chi connectivity index (χ1) is 9.54. The number of rotatable bonds is 2. The van der Waals surface area contributed by atoms with Gasteiger partial charge in [-0.25, -0.2) is 13.8 Å². The van der Waals surface area contributed by atoms with Gasteiger partial charge in [0, 0.05) is 30.3 Å². The average molecular weight is 279 g/mol. The molecule has 0 radical (unpaired) electrons. The van der Waals surface area contributed by atoms with Crippen molar-refractivity contribution >= 4 is 5.97 Å². The topological polar surface area (TPSA) is 78.0 Å². The molecule has 0 unspecified atom stereocenters. The molecule has 2 heterocycles. The number of aromatic nitrogens is 2. The zero-order chi connectivity index (χ0) is 14.3. The number of aliphatic carboxylic acids is 1. The third-order valence-corrected chi connectivity index (χ3v) is 3.19. The first kappa shape index (κ1) is 12.7. The summed E-state index contributed by atoms with van der Waals surface area (Å²) in [5, 5.41) is 11.9. The molecule has 0 fully saturated rings. The summed E-state index contributed by atoms with van der Waals surface area (Å²) >= 11 is 0. The van der Waals surface area contributed by atoms with Crippen LogP contribution in [0.3, 0.4) is 0 Å². The van der Waals surface area contributed by atoms with E-state index in [4.69, 9.17) is 5.11 Å². The lowest BCUT2D eigenvalue weighted by atomic mass is 10.1. The van der Waals surface area contributed by atoms with Gasteiger partial charge in [-0.1, -0.05) is 0 Å². The highest BCUT2D eigenvalue weighted by molar-refractivity contribution is 5.76. The predicted octanol–water partition coefficient (Wildman–Crippen LogP) is 1.63. The fourth-order valence-corrected chi connectivity index (χ4v) is 2.32. The lowest BCUT2D eigenvalue weighted by molar-refractivity contribution is -0.139. The van der Waals surface area contributed by atoms with Gasteiger partial charge in [0.1, 0.15) is 17.5 Å². The molecule has 0 saturated carbocycles. The van der Waals surface area contributed by atoms with Crippen LogP contribution in [0.1, 0.15) is 17.4 Å². The van der Waals surface area contributed by atoms with Crippen LogP contribution in [-0.2, 0) is 11.2 Å². The van der Waals surface area contributed by atoms with Crippen LogP contribution in [0, 0.1) is 11.6 Å². The van der Waals surface area contributed by atoms with E-state index >= 15 is 0 Å². The Hall–Kier alpha value is -2.28. The van der Waals surface area contributed by atoms with Crippen molar-refractivity contribution in [3.05, 3.63) is 41.2 Å². The first-order valence-electron chi connectivity index (χ1n) is 6.06. The molecule has 20 heavy (non-hydrogen) atoms. The molecule has 1 aromatic heterocycles. The maximum Gasteiger partial charge on any atom is 0.327 e. The molecule has 5 nitrogen and oxygen atoms in total. The SMILES string of the molecule is O=C(O)[C@H]1NCCc2[nH]c(-c3cc(F)cc(F)c3)nc21. The monoisotopic (exact) mass is 279 g/mol. The summed E-state index contributed by atoms with van der Waals surface area (Å²) in [6.45, 7) is 0.503. The lowest BCUT2D eigenvalue weighted by Gasteiger charge is -2.18. The maximum absolute atomic E-state index is 13.2. The van der Waals surface area contributed by atoms with Crippen molar-refractivity contribution in [2.24, 2.45) is 0 Å². The molecule has 7 heteroatoms. The summed E-state index contributed by atoms with van der Waals surface area (Å²) in [6.07, 6.45) is 0.587. The third kappa shape index (κ3) is 2.16. The van der Waals surface area contributed by atoms with Crippen molar-refractivity contribution in [2.45, 2.75) is 12.5 Å². The number of carboxylic acid groups (broad SMARTS) is 1. The lowest BCUT2D eigenvalue weighted by Crippen LogP contribution is -2.35. The second kappa shape index (κ2) is 4.68. The van der Waals surface area contributed by atoms with Crippen molar-refractivity contribution in [1.82, 2.24) is 15.3 Å². The predicted molar refractivity (Wildman–Crippen MR) is 66.0 cm³/mol. The second-order valence-corrected chi connectivity index (χ2v) is 4.58. The number of imidazole rings is 1. The molecular weight excluding hydrogens is 268 g/mol. The van der Waals surface area contributed by atoms with Gasteiger partial charge in [0.2, 0.25) is 0 Å². The Bertz CT molecular complexity index is 664. The number of aromatic amines is 1. The Balaban J connectivity index is 2.06. The molecule has 3 N–H and O–H groups in total. The summed E-state index contributed by atoms with van der Waals surface area (Å²) in [5.74, 6) is -2.18. The zero-order valence-electron chi connectivity index (χ0n) is 10.3. The van der Waals surface area contributed by atoms with E-state index in [0.717, 1.165) is 18.2 Å². The Morgan fingerprint density at radius 1 is 1.30 bits per heavy atom. The van der Waals surface area contributed by atoms with Crippen molar-refractivity contribution in [1.29, 1.82) is 0 Å². The van der Waals surface area contributed by atoms with Crippen LogP contribution in [0.5, 0.6) is 0 Å². The molecule has 104 valence electrons. The first-order valence-corrected chi connectivity index (χ1v) is 6.06. The fourth-order valence-electron chi connectivity index (χ4n) is 2.32. The minimum atomic E-state index is -1.03. The van der Waals surface area contributed by atoms with Crippen LogP contribution in [0.4, 0.5) is 8.78 Å². The van der Waals surface area contributed by atoms with E-state index in [1.165, 1.54) is 0 Å². The van der Waals surface area contributed by atoms with Crippen LogP contribution in [0.15, 0.2) is 18.2 Å². The number of fused-ring (bicyclic) bond motifs is 1. The van der Waals surface area contributed by atoms with Crippen molar-refractivity contribution in [2.75, 3.05) is 6.54 Å². The number of H-pyrrole nitrogens is 1. The van der Waals surface area contributed by atoms with Crippen LogP contribution >= 0.6 is 0 Å². The van der Waals surface area contributed by atoms with Crippen LogP contribution in [-0.4, -0.2) is 27.6 Å². The van der Waals surface area contributed by atoms with Gasteiger partial charge in [0.05, 0.1) is 5.69 Å². The Morgan fingerprint density at radius 3 is 2.65 bits per heavy atom. The van der Waals surface area contributed by atoms with E-state index < -0.39 is 23.6 Å². The minimum Gasteiger partial charge on any atom is -0.480 e. The normalized spacial score (nSPS) is 17.8. The number of hydrogen-bond donors (Lipinski definition) is 3. The fraction of sp³-hybridized carbons (Fsp3) is 0.231. The number of nitrogens with one attached hydrogen (secondary N) is 2. The molecule has 1 aliphatic heterocycles. The van der Waals surface area contributed by atoms with Crippen molar-refractivity contribution in [3.63, 3.8) is 0 Å². The summed E-state index contributed by atoms with van der Waals surface area (Å²) in [4.78, 5) is 18.2. The Morgan fingerprint density at radius 2 is 2.00 bits per heavy atom. The van der Waals surface area contributed by atoms with Gasteiger partial charge in [0.25, 0.3) is 0 Å². The van der Waals surface area contributed by atoms with E-state index in [0.29, 0.717) is 24.4 Å². The van der Waals surface area contributed by atoms with Gasteiger partial charge < -0.3 is 10.1 Å². The smallest absolute Gasteiger partial charge is 0.327 e. The highest BCUT2D eigenvalue weighted by atomic mass is 19.1. The van der Waals surface area contributed by atoms with Gasteiger partial charge in [-0.05, 0) is 12.1 Å². The van der Waals surface area contributed by atoms with Crippen molar-refractivity contribution in [3.8, 4) is 11.4 Å². The summed E-state index contributed by atoms with van der Waals surface area (Å²) in [6, 6.07) is 2.17. The van der Waals surface area contributed by atoms with Gasteiger partial charge in [0.15, 0.2) is 6.04 Å². The second-order valence-electron chi connectivity index (χ2n) is 4.58. The maximum atomic E-state index is 13.2. The van der Waals surface area contributed by atoms with Crippen LogP contribution in [0.2, 0.25) is 0 Å². The number of halogens is 2. The number of carbonyl (C=O) groups is 1. The molecule has 0 aliphatic carbocycles. The number of benzene rings is 1. The highest BCUT2D eigenvalue weighted by Gasteiger charge is 2.29. The number of hydrogen-bond acceptors (Lipinski definition) is 3. The third-order valence-electron chi connectivity index (χ3n) is 3.19. The Labute approximate surface area is 112 Å². The molecule has 0 saturated heterocycles. The molecular formula is C13H11F2N3O2. The number of carboxylic acids is 1. The molecule has 1 aromatic carbocycles. The highest BCUT2D eigenvalue weighted by Crippen LogP contribution is 2.26. The van der Waals surface area contributed by atoms with Gasteiger partial charge in [-0.3, -0.25) is 10.1 Å². The van der Waals surface area contributed by atoms with E-state index in [2.05, 4.69) is 15.3 Å². The van der Waals surface area contributed by atoms with Crippen molar-refractivity contribution < 1.29 is 18.7 Å². The summed E-state index contributed by atoms with van der Waals surface area (Å²) in [7, 11) is 0.